The van der Waals surface area contributed by atoms with Gasteiger partial charge in [0.15, 0.2) is 0 Å². The first-order valence-corrected chi connectivity index (χ1v) is 7.70. The van der Waals surface area contributed by atoms with E-state index in [2.05, 4.69) is 0 Å². The SMILES string of the molecule is C1COCCSCCOCCSCCO1. The van der Waals surface area contributed by atoms with Crippen molar-refractivity contribution in [2.24, 2.45) is 0 Å². The van der Waals surface area contributed by atoms with Crippen molar-refractivity contribution in [1.29, 1.82) is 0 Å². The van der Waals surface area contributed by atoms with E-state index in [0.29, 0.717) is 0 Å². The molecule has 0 aromatic rings. The smallest absolute Gasteiger partial charge is 0.0700 e. The molecule has 0 aromatic carbocycles. The molecule has 0 N–H and O–H groups in total. The van der Waals surface area contributed by atoms with E-state index in [1.807, 2.05) is 23.5 Å². The maximum Gasteiger partial charge on any atom is 0.0700 e. The lowest BCUT2D eigenvalue weighted by Gasteiger charge is -2.04. The molecule has 0 bridgehead atoms. The zero-order valence-corrected chi connectivity index (χ0v) is 10.7. The van der Waals surface area contributed by atoms with Crippen LogP contribution in [0.3, 0.4) is 0 Å². The minimum Gasteiger partial charge on any atom is -0.380 e. The van der Waals surface area contributed by atoms with Gasteiger partial charge in [-0.3, -0.25) is 0 Å². The van der Waals surface area contributed by atoms with Gasteiger partial charge in [-0.05, 0) is 0 Å². The standard InChI is InChI=1S/C10H20O3S2/c1-2-12-4-8-15-10-6-13-5-9-14-7-3-11-1/h1-10H2. The van der Waals surface area contributed by atoms with E-state index in [9.17, 15) is 0 Å². The Morgan fingerprint density at radius 1 is 0.467 bits per heavy atom. The first-order valence-electron chi connectivity index (χ1n) is 5.39. The molecular weight excluding hydrogens is 232 g/mol. The van der Waals surface area contributed by atoms with Gasteiger partial charge < -0.3 is 14.2 Å². The number of ether oxygens (including phenoxy) is 3. The van der Waals surface area contributed by atoms with Crippen molar-refractivity contribution < 1.29 is 14.2 Å². The summed E-state index contributed by atoms with van der Waals surface area (Å²) in [6, 6.07) is 0. The third-order valence-corrected chi connectivity index (χ3v) is 3.68. The van der Waals surface area contributed by atoms with Crippen LogP contribution in [0.5, 0.6) is 0 Å². The van der Waals surface area contributed by atoms with Gasteiger partial charge >= 0.3 is 0 Å². The Bertz CT molecular complexity index is 77.2. The van der Waals surface area contributed by atoms with Crippen LogP contribution in [0.1, 0.15) is 0 Å². The van der Waals surface area contributed by atoms with Crippen LogP contribution in [-0.2, 0) is 14.2 Å². The van der Waals surface area contributed by atoms with Crippen molar-refractivity contribution in [3.05, 3.63) is 0 Å². The molecule has 0 spiro atoms. The zero-order valence-electron chi connectivity index (χ0n) is 9.11. The highest BCUT2D eigenvalue weighted by molar-refractivity contribution is 7.99. The van der Waals surface area contributed by atoms with E-state index in [4.69, 9.17) is 14.2 Å². The Morgan fingerprint density at radius 2 is 0.800 bits per heavy atom. The summed E-state index contributed by atoms with van der Waals surface area (Å²) in [6.07, 6.45) is 0. The van der Waals surface area contributed by atoms with Gasteiger partial charge in [-0.25, -0.2) is 0 Å². The van der Waals surface area contributed by atoms with E-state index >= 15 is 0 Å². The molecule has 1 saturated heterocycles. The van der Waals surface area contributed by atoms with Crippen LogP contribution in [0.15, 0.2) is 0 Å². The summed E-state index contributed by atoms with van der Waals surface area (Å²) < 4.78 is 16.3. The summed E-state index contributed by atoms with van der Waals surface area (Å²) in [5.41, 5.74) is 0. The van der Waals surface area contributed by atoms with E-state index < -0.39 is 0 Å². The van der Waals surface area contributed by atoms with Crippen molar-refractivity contribution in [2.75, 3.05) is 62.7 Å². The minimum absolute atomic E-state index is 0.724. The monoisotopic (exact) mass is 252 g/mol. The van der Waals surface area contributed by atoms with Gasteiger partial charge in [0.25, 0.3) is 0 Å². The molecule has 0 aromatic heterocycles. The van der Waals surface area contributed by atoms with Gasteiger partial charge in [0.05, 0.1) is 39.6 Å². The highest BCUT2D eigenvalue weighted by Gasteiger charge is 1.95. The van der Waals surface area contributed by atoms with Crippen LogP contribution >= 0.6 is 23.5 Å². The maximum absolute atomic E-state index is 5.49. The lowest BCUT2D eigenvalue weighted by Crippen LogP contribution is -2.08. The second-order valence-corrected chi connectivity index (χ2v) is 5.51. The van der Waals surface area contributed by atoms with Crippen LogP contribution < -0.4 is 0 Å². The second kappa shape index (κ2) is 11.1. The van der Waals surface area contributed by atoms with E-state index in [1.54, 1.807) is 0 Å². The first kappa shape index (κ1) is 13.6. The summed E-state index contributed by atoms with van der Waals surface area (Å²) in [4.78, 5) is 0. The molecule has 1 aliphatic heterocycles. The molecular formula is C10H20O3S2. The molecule has 0 unspecified atom stereocenters. The highest BCUT2D eigenvalue weighted by Crippen LogP contribution is 2.02. The van der Waals surface area contributed by atoms with Crippen LogP contribution in [0, 0.1) is 0 Å². The van der Waals surface area contributed by atoms with E-state index in [-0.39, 0.29) is 0 Å². The first-order chi connectivity index (χ1) is 7.50. The molecule has 1 aliphatic rings. The fourth-order valence-corrected chi connectivity index (χ4v) is 2.45. The second-order valence-electron chi connectivity index (χ2n) is 3.06. The van der Waals surface area contributed by atoms with E-state index in [0.717, 1.165) is 62.7 Å². The Balaban J connectivity index is 2.01. The van der Waals surface area contributed by atoms with Gasteiger partial charge in [0.2, 0.25) is 0 Å². The predicted octanol–water partition coefficient (Wildman–Crippen LogP) is 1.52. The third-order valence-electron chi connectivity index (χ3n) is 1.86. The summed E-state index contributed by atoms with van der Waals surface area (Å²) in [5.74, 6) is 4.26. The molecule has 0 amide bonds. The average Bonchev–Trinajstić information content (AvgIpc) is 2.27. The fraction of sp³-hybridized carbons (Fsp3) is 1.00. The number of thioether (sulfide) groups is 2. The topological polar surface area (TPSA) is 27.7 Å². The molecule has 0 saturated carbocycles. The van der Waals surface area contributed by atoms with Gasteiger partial charge in [0.1, 0.15) is 0 Å². The fourth-order valence-electron chi connectivity index (χ4n) is 1.10. The Labute approximate surface area is 101 Å². The van der Waals surface area contributed by atoms with Crippen molar-refractivity contribution in [2.45, 2.75) is 0 Å². The summed E-state index contributed by atoms with van der Waals surface area (Å²) in [7, 11) is 0. The molecule has 0 aliphatic carbocycles. The average molecular weight is 252 g/mol. The van der Waals surface area contributed by atoms with Gasteiger partial charge in [-0.2, -0.15) is 23.5 Å². The predicted molar refractivity (Wildman–Crippen MR) is 67.1 cm³/mol. The van der Waals surface area contributed by atoms with Crippen LogP contribution in [0.2, 0.25) is 0 Å². The zero-order chi connectivity index (χ0) is 10.6. The largest absolute Gasteiger partial charge is 0.380 e. The molecule has 1 fully saturated rings. The lowest BCUT2D eigenvalue weighted by atomic mass is 10.7. The van der Waals surface area contributed by atoms with Crippen molar-refractivity contribution in [3.63, 3.8) is 0 Å². The molecule has 5 heteroatoms. The molecule has 1 rings (SSSR count). The molecule has 0 radical (unpaired) electrons. The summed E-state index contributed by atoms with van der Waals surface area (Å²) in [5, 5.41) is 0. The number of rotatable bonds is 0. The Morgan fingerprint density at radius 3 is 1.20 bits per heavy atom. The van der Waals surface area contributed by atoms with Crippen molar-refractivity contribution in [1.82, 2.24) is 0 Å². The Hall–Kier alpha value is 0.580. The van der Waals surface area contributed by atoms with Gasteiger partial charge in [-0.1, -0.05) is 0 Å². The number of hydrogen-bond acceptors (Lipinski definition) is 5. The third kappa shape index (κ3) is 9.51. The van der Waals surface area contributed by atoms with Crippen molar-refractivity contribution in [3.8, 4) is 0 Å². The molecule has 15 heavy (non-hydrogen) atoms. The van der Waals surface area contributed by atoms with E-state index in [1.165, 1.54) is 0 Å². The highest BCUT2D eigenvalue weighted by atomic mass is 32.2. The summed E-state index contributed by atoms with van der Waals surface area (Å²) in [6.45, 7) is 4.82. The van der Waals surface area contributed by atoms with Crippen LogP contribution in [-0.4, -0.2) is 62.7 Å². The molecule has 0 atom stereocenters. The lowest BCUT2D eigenvalue weighted by molar-refractivity contribution is 0.0605. The van der Waals surface area contributed by atoms with Crippen molar-refractivity contribution >= 4 is 23.5 Å². The minimum atomic E-state index is 0.724. The summed E-state index contributed by atoms with van der Waals surface area (Å²) >= 11 is 3.77. The quantitative estimate of drug-likeness (QED) is 0.651. The number of hydrogen-bond donors (Lipinski definition) is 0. The van der Waals surface area contributed by atoms with Crippen LogP contribution in [0.25, 0.3) is 0 Å². The van der Waals surface area contributed by atoms with Gasteiger partial charge in [-0.15, -0.1) is 0 Å². The molecule has 3 nitrogen and oxygen atoms in total. The molecule has 90 valence electrons. The van der Waals surface area contributed by atoms with Gasteiger partial charge in [0, 0.05) is 23.0 Å². The van der Waals surface area contributed by atoms with Crippen LogP contribution in [0.4, 0.5) is 0 Å². The maximum atomic E-state index is 5.49. The normalized spacial score (nSPS) is 24.0. The Kier molecular flexibility index (Phi) is 10.1. The molecule has 1 heterocycles.